The lowest BCUT2D eigenvalue weighted by molar-refractivity contribution is -0.124. The molecule has 0 bridgehead atoms. The molecule has 2 heterocycles. The third-order valence-electron chi connectivity index (χ3n) is 5.57. The van der Waals surface area contributed by atoms with Crippen LogP contribution in [0.2, 0.25) is 0 Å². The summed E-state index contributed by atoms with van der Waals surface area (Å²) >= 11 is 0. The van der Waals surface area contributed by atoms with Crippen LogP contribution in [0.3, 0.4) is 0 Å². The van der Waals surface area contributed by atoms with Crippen LogP contribution in [0, 0.1) is 5.82 Å². The highest BCUT2D eigenvalue weighted by Gasteiger charge is 2.62. The van der Waals surface area contributed by atoms with Crippen molar-refractivity contribution >= 4 is 27.3 Å². The van der Waals surface area contributed by atoms with Crippen LogP contribution in [-0.2, 0) is 29.6 Å². The zero-order valence-electron chi connectivity index (χ0n) is 16.2. The summed E-state index contributed by atoms with van der Waals surface area (Å²) in [4.78, 5) is 16.5. The zero-order valence-corrected chi connectivity index (χ0v) is 17.0. The van der Waals surface area contributed by atoms with Crippen LogP contribution in [0.25, 0.3) is 0 Å². The number of halogens is 1. The highest BCUT2D eigenvalue weighted by atomic mass is 32.2. The van der Waals surface area contributed by atoms with Crippen LogP contribution in [-0.4, -0.2) is 56.6 Å². The molecule has 2 aliphatic heterocycles. The van der Waals surface area contributed by atoms with Crippen LogP contribution in [0.4, 0.5) is 10.1 Å². The van der Waals surface area contributed by atoms with E-state index in [1.807, 2.05) is 0 Å². The zero-order chi connectivity index (χ0) is 20.9. The van der Waals surface area contributed by atoms with E-state index in [-0.39, 0.29) is 24.6 Å². The maximum Gasteiger partial charge on any atom is 0.253 e. The van der Waals surface area contributed by atoms with Crippen molar-refractivity contribution in [3.63, 3.8) is 0 Å². The molecule has 1 saturated heterocycles. The van der Waals surface area contributed by atoms with Gasteiger partial charge in [-0.15, -0.1) is 0 Å². The summed E-state index contributed by atoms with van der Waals surface area (Å²) < 4.78 is 50.2. The second-order valence-electron chi connectivity index (χ2n) is 7.54. The molecule has 3 N–H and O–H groups in total. The molecule has 1 aromatic rings. The number of amidine groups is 1. The quantitative estimate of drug-likeness (QED) is 0.759. The first-order valence-corrected chi connectivity index (χ1v) is 10.3. The number of aliphatic imine (C=N–C) groups is 1. The second kappa shape index (κ2) is 6.78. The highest BCUT2D eigenvalue weighted by Crippen LogP contribution is 2.47. The largest absolute Gasteiger partial charge is 0.386 e. The van der Waals surface area contributed by atoms with Crippen molar-refractivity contribution in [2.45, 2.75) is 42.4 Å². The van der Waals surface area contributed by atoms with Gasteiger partial charge in [0, 0.05) is 18.4 Å². The number of carbonyl (C=O) groups is 1. The first-order chi connectivity index (χ1) is 13.0. The standard InChI is InChI=1S/C18H24FN3O5S/c1-10(26-4)15(23)21-11-5-6-13(19)12(7-11)18-9-27-8-14(18)28(24,25)17(2,3)16(20)22-18/h5-7,10,14H,8-9H2,1-4H3,(H2,20,22)(H,21,23)/t10-,14+,18+/m0/s1. The smallest absolute Gasteiger partial charge is 0.253 e. The Morgan fingerprint density at radius 2 is 2.14 bits per heavy atom. The molecule has 2 aliphatic rings. The van der Waals surface area contributed by atoms with E-state index in [0.717, 1.165) is 6.07 Å². The summed E-state index contributed by atoms with van der Waals surface area (Å²) in [5.74, 6) is -1.17. The Bertz CT molecular complexity index is 947. The third-order valence-corrected chi connectivity index (χ3v) is 8.48. The number of hydrogen-bond donors (Lipinski definition) is 2. The van der Waals surface area contributed by atoms with Gasteiger partial charge in [-0.3, -0.25) is 9.79 Å². The maximum absolute atomic E-state index is 14.8. The summed E-state index contributed by atoms with van der Waals surface area (Å²) in [5, 5.41) is 1.54. The number of amides is 1. The number of fused-ring (bicyclic) bond motifs is 1. The Hall–Kier alpha value is -2.04. The average Bonchev–Trinajstić information content (AvgIpc) is 3.06. The van der Waals surface area contributed by atoms with Gasteiger partial charge in [-0.1, -0.05) is 0 Å². The molecule has 0 saturated carbocycles. The summed E-state index contributed by atoms with van der Waals surface area (Å²) in [6.07, 6.45) is -0.709. The molecular weight excluding hydrogens is 389 g/mol. The lowest BCUT2D eigenvalue weighted by atomic mass is 9.87. The van der Waals surface area contributed by atoms with Gasteiger partial charge in [0.25, 0.3) is 5.91 Å². The fourth-order valence-electron chi connectivity index (χ4n) is 3.45. The second-order valence-corrected chi connectivity index (χ2v) is 10.2. The Labute approximate surface area is 163 Å². The molecule has 10 heteroatoms. The van der Waals surface area contributed by atoms with Crippen molar-refractivity contribution in [2.24, 2.45) is 10.7 Å². The maximum atomic E-state index is 14.8. The molecule has 0 spiro atoms. The van der Waals surface area contributed by atoms with Gasteiger partial charge in [0.1, 0.15) is 33.3 Å². The van der Waals surface area contributed by atoms with Crippen molar-refractivity contribution in [3.05, 3.63) is 29.6 Å². The van der Waals surface area contributed by atoms with E-state index >= 15 is 0 Å². The number of nitrogens with one attached hydrogen (secondary N) is 1. The monoisotopic (exact) mass is 413 g/mol. The van der Waals surface area contributed by atoms with Gasteiger partial charge in [0.2, 0.25) is 0 Å². The van der Waals surface area contributed by atoms with E-state index in [0.29, 0.717) is 5.69 Å². The number of methoxy groups -OCH3 is 1. The molecule has 8 nitrogen and oxygen atoms in total. The normalized spacial score (nSPS) is 28.9. The van der Waals surface area contributed by atoms with E-state index in [4.69, 9.17) is 15.2 Å². The molecule has 28 heavy (non-hydrogen) atoms. The van der Waals surface area contributed by atoms with Gasteiger partial charge in [0.05, 0.1) is 13.2 Å². The lowest BCUT2D eigenvalue weighted by Gasteiger charge is -2.41. The van der Waals surface area contributed by atoms with Gasteiger partial charge in [-0.2, -0.15) is 0 Å². The Morgan fingerprint density at radius 3 is 2.79 bits per heavy atom. The van der Waals surface area contributed by atoms with Crippen LogP contribution in [0.15, 0.2) is 23.2 Å². The van der Waals surface area contributed by atoms with Gasteiger partial charge >= 0.3 is 0 Å². The summed E-state index contributed by atoms with van der Waals surface area (Å²) in [5.41, 5.74) is 4.80. The van der Waals surface area contributed by atoms with E-state index < -0.39 is 43.2 Å². The molecule has 154 valence electrons. The van der Waals surface area contributed by atoms with Crippen LogP contribution < -0.4 is 11.1 Å². The van der Waals surface area contributed by atoms with E-state index in [1.165, 1.54) is 33.1 Å². The van der Waals surface area contributed by atoms with Gasteiger partial charge in [-0.05, 0) is 39.0 Å². The molecule has 1 amide bonds. The summed E-state index contributed by atoms with van der Waals surface area (Å²) in [6.45, 7) is 4.28. The molecular formula is C18H24FN3O5S. The van der Waals surface area contributed by atoms with Crippen molar-refractivity contribution in [3.8, 4) is 0 Å². The van der Waals surface area contributed by atoms with Crippen molar-refractivity contribution in [2.75, 3.05) is 25.6 Å². The molecule has 0 radical (unpaired) electrons. The Balaban J connectivity index is 2.13. The molecule has 0 aliphatic carbocycles. The van der Waals surface area contributed by atoms with Crippen LogP contribution in [0.1, 0.15) is 26.3 Å². The number of benzene rings is 1. The molecule has 1 fully saturated rings. The van der Waals surface area contributed by atoms with Crippen molar-refractivity contribution < 1.29 is 27.1 Å². The minimum Gasteiger partial charge on any atom is -0.386 e. The number of nitrogens with zero attached hydrogens (tertiary/aromatic N) is 1. The Morgan fingerprint density at radius 1 is 1.46 bits per heavy atom. The van der Waals surface area contributed by atoms with Crippen LogP contribution in [0.5, 0.6) is 0 Å². The molecule has 3 rings (SSSR count). The molecule has 0 unspecified atom stereocenters. The SMILES string of the molecule is CO[C@@H](C)C(=O)Nc1ccc(F)c([C@]23COC[C@H]2S(=O)(=O)C(C)(C)C(N)=N3)c1. The highest BCUT2D eigenvalue weighted by molar-refractivity contribution is 7.94. The minimum absolute atomic E-state index is 0.0138. The summed E-state index contributed by atoms with van der Waals surface area (Å²) in [7, 11) is -2.42. The summed E-state index contributed by atoms with van der Waals surface area (Å²) in [6, 6.07) is 3.92. The average molecular weight is 413 g/mol. The first-order valence-electron chi connectivity index (χ1n) is 8.78. The number of carbonyl (C=O) groups excluding carboxylic acids is 1. The van der Waals surface area contributed by atoms with Crippen molar-refractivity contribution in [1.82, 2.24) is 0 Å². The number of nitrogens with two attached hydrogens (primary N) is 1. The van der Waals surface area contributed by atoms with Gasteiger partial charge < -0.3 is 20.5 Å². The van der Waals surface area contributed by atoms with Crippen LogP contribution >= 0.6 is 0 Å². The minimum atomic E-state index is -3.82. The number of hydrogen-bond acceptors (Lipinski definition) is 7. The predicted molar refractivity (Wildman–Crippen MR) is 102 cm³/mol. The number of rotatable bonds is 4. The fraction of sp³-hybridized carbons (Fsp3) is 0.556. The molecule has 0 aromatic heterocycles. The number of anilines is 1. The lowest BCUT2D eigenvalue weighted by Crippen LogP contribution is -2.60. The van der Waals surface area contributed by atoms with E-state index in [1.54, 1.807) is 6.92 Å². The third kappa shape index (κ3) is 2.90. The van der Waals surface area contributed by atoms with Crippen molar-refractivity contribution in [1.29, 1.82) is 0 Å². The van der Waals surface area contributed by atoms with E-state index in [9.17, 15) is 17.6 Å². The van der Waals surface area contributed by atoms with Gasteiger partial charge in [-0.25, -0.2) is 12.8 Å². The van der Waals surface area contributed by atoms with E-state index in [2.05, 4.69) is 10.3 Å². The topological polar surface area (TPSA) is 120 Å². The first kappa shape index (κ1) is 20.7. The number of ether oxygens (including phenoxy) is 2. The number of sulfone groups is 1. The Kier molecular flexibility index (Phi) is 5.01. The molecule has 1 aromatic carbocycles. The molecule has 3 atom stereocenters. The fourth-order valence-corrected chi connectivity index (χ4v) is 5.54. The van der Waals surface area contributed by atoms with Gasteiger partial charge in [0.15, 0.2) is 9.84 Å². The predicted octanol–water partition coefficient (Wildman–Crippen LogP) is 0.957.